The predicted octanol–water partition coefficient (Wildman–Crippen LogP) is 1.80. The number of fused-ring (bicyclic) bond motifs is 1. The molecular formula is C19H20N2O3. The number of benzene rings is 2. The van der Waals surface area contributed by atoms with Crippen molar-refractivity contribution in [2.45, 2.75) is 25.6 Å². The van der Waals surface area contributed by atoms with Gasteiger partial charge in [0.15, 0.2) is 0 Å². The smallest absolute Gasteiger partial charge is 0.328 e. The zero-order chi connectivity index (χ0) is 16.9. The third kappa shape index (κ3) is 3.63. The standard InChI is InChI=1S/C19H20N2O3/c1-24-19(23)17(9-13-5-3-2-4-6-13)21-18(22)14-7-8-15-11-20-12-16(15)10-14/h2-8,10,17,20H,9,11-12H2,1H3,(H,21,22). The van der Waals surface area contributed by atoms with E-state index in [1.807, 2.05) is 42.5 Å². The summed E-state index contributed by atoms with van der Waals surface area (Å²) in [5, 5.41) is 6.04. The Bertz CT molecular complexity index is 744. The number of esters is 1. The molecule has 1 atom stereocenters. The van der Waals surface area contributed by atoms with Crippen LogP contribution in [0.3, 0.4) is 0 Å². The van der Waals surface area contributed by atoms with Crippen LogP contribution in [-0.2, 0) is 29.0 Å². The van der Waals surface area contributed by atoms with Crippen molar-refractivity contribution in [3.63, 3.8) is 0 Å². The molecule has 0 saturated heterocycles. The van der Waals surface area contributed by atoms with Gasteiger partial charge in [0, 0.05) is 25.1 Å². The van der Waals surface area contributed by atoms with Crippen LogP contribution in [0.2, 0.25) is 0 Å². The summed E-state index contributed by atoms with van der Waals surface area (Å²) in [6.45, 7) is 1.59. The number of hydrogen-bond acceptors (Lipinski definition) is 4. The SMILES string of the molecule is COC(=O)C(Cc1ccccc1)NC(=O)c1ccc2c(c1)CNC2. The second kappa shape index (κ2) is 7.27. The van der Waals surface area contributed by atoms with Gasteiger partial charge in [0.25, 0.3) is 5.91 Å². The van der Waals surface area contributed by atoms with E-state index in [-0.39, 0.29) is 5.91 Å². The Morgan fingerprint density at radius 2 is 1.88 bits per heavy atom. The Kier molecular flexibility index (Phi) is 4.91. The zero-order valence-electron chi connectivity index (χ0n) is 13.5. The highest BCUT2D eigenvalue weighted by Crippen LogP contribution is 2.17. The van der Waals surface area contributed by atoms with Gasteiger partial charge >= 0.3 is 5.97 Å². The molecule has 0 radical (unpaired) electrons. The Morgan fingerprint density at radius 1 is 1.12 bits per heavy atom. The Morgan fingerprint density at radius 3 is 2.62 bits per heavy atom. The van der Waals surface area contributed by atoms with Gasteiger partial charge in [0.1, 0.15) is 6.04 Å². The number of rotatable bonds is 5. The summed E-state index contributed by atoms with van der Waals surface area (Å²) >= 11 is 0. The first-order valence-electron chi connectivity index (χ1n) is 7.92. The summed E-state index contributed by atoms with van der Waals surface area (Å²) in [5.74, 6) is -0.717. The van der Waals surface area contributed by atoms with Gasteiger partial charge in [-0.15, -0.1) is 0 Å². The van der Waals surface area contributed by atoms with Crippen molar-refractivity contribution >= 4 is 11.9 Å². The maximum absolute atomic E-state index is 12.5. The molecule has 2 aromatic rings. The van der Waals surface area contributed by atoms with Gasteiger partial charge in [0.2, 0.25) is 0 Å². The molecule has 5 nitrogen and oxygen atoms in total. The van der Waals surface area contributed by atoms with Crippen molar-refractivity contribution in [2.75, 3.05) is 7.11 Å². The van der Waals surface area contributed by atoms with Crippen LogP contribution in [0.5, 0.6) is 0 Å². The molecule has 1 aliphatic heterocycles. The zero-order valence-corrected chi connectivity index (χ0v) is 13.5. The van der Waals surface area contributed by atoms with Crippen molar-refractivity contribution in [1.82, 2.24) is 10.6 Å². The minimum atomic E-state index is -0.712. The molecule has 5 heteroatoms. The second-order valence-electron chi connectivity index (χ2n) is 5.83. The van der Waals surface area contributed by atoms with Crippen molar-refractivity contribution in [1.29, 1.82) is 0 Å². The lowest BCUT2D eigenvalue weighted by Crippen LogP contribution is -2.43. The van der Waals surface area contributed by atoms with E-state index in [1.165, 1.54) is 12.7 Å². The highest BCUT2D eigenvalue weighted by molar-refractivity contribution is 5.97. The number of carbonyl (C=O) groups is 2. The van der Waals surface area contributed by atoms with E-state index < -0.39 is 12.0 Å². The first kappa shape index (κ1) is 16.2. The fraction of sp³-hybridized carbons (Fsp3) is 0.263. The van der Waals surface area contributed by atoms with E-state index >= 15 is 0 Å². The lowest BCUT2D eigenvalue weighted by atomic mass is 10.0. The summed E-state index contributed by atoms with van der Waals surface area (Å²) in [7, 11) is 1.33. The van der Waals surface area contributed by atoms with Gasteiger partial charge in [-0.2, -0.15) is 0 Å². The lowest BCUT2D eigenvalue weighted by molar-refractivity contribution is -0.142. The minimum absolute atomic E-state index is 0.268. The molecule has 24 heavy (non-hydrogen) atoms. The van der Waals surface area contributed by atoms with Crippen molar-refractivity contribution in [2.24, 2.45) is 0 Å². The molecule has 0 bridgehead atoms. The lowest BCUT2D eigenvalue weighted by Gasteiger charge is -2.17. The largest absolute Gasteiger partial charge is 0.467 e. The molecule has 1 unspecified atom stereocenters. The van der Waals surface area contributed by atoms with Crippen LogP contribution < -0.4 is 10.6 Å². The molecule has 2 aromatic carbocycles. The first-order valence-corrected chi connectivity index (χ1v) is 7.92. The van der Waals surface area contributed by atoms with E-state index in [9.17, 15) is 9.59 Å². The molecule has 0 fully saturated rings. The summed E-state index contributed by atoms with van der Waals surface area (Å²) in [5.41, 5.74) is 3.85. The third-order valence-corrected chi connectivity index (χ3v) is 4.17. The summed E-state index contributed by atoms with van der Waals surface area (Å²) in [6, 6.07) is 14.5. The van der Waals surface area contributed by atoms with Crippen molar-refractivity contribution in [3.8, 4) is 0 Å². The molecule has 1 heterocycles. The Labute approximate surface area is 141 Å². The number of amides is 1. The average molecular weight is 324 g/mol. The van der Waals surface area contributed by atoms with Gasteiger partial charge < -0.3 is 15.4 Å². The van der Waals surface area contributed by atoms with Crippen LogP contribution in [-0.4, -0.2) is 25.0 Å². The number of hydrogen-bond donors (Lipinski definition) is 2. The normalized spacial score (nSPS) is 13.9. The van der Waals surface area contributed by atoms with Crippen LogP contribution in [0, 0.1) is 0 Å². The van der Waals surface area contributed by atoms with E-state index in [2.05, 4.69) is 10.6 Å². The average Bonchev–Trinajstić information content (AvgIpc) is 3.09. The quantitative estimate of drug-likeness (QED) is 0.823. The van der Waals surface area contributed by atoms with E-state index in [0.29, 0.717) is 12.0 Å². The number of nitrogens with one attached hydrogen (secondary N) is 2. The minimum Gasteiger partial charge on any atom is -0.467 e. The molecule has 0 spiro atoms. The second-order valence-corrected chi connectivity index (χ2v) is 5.83. The fourth-order valence-corrected chi connectivity index (χ4v) is 2.86. The monoisotopic (exact) mass is 324 g/mol. The third-order valence-electron chi connectivity index (χ3n) is 4.17. The summed E-state index contributed by atoms with van der Waals surface area (Å²) in [4.78, 5) is 24.5. The summed E-state index contributed by atoms with van der Waals surface area (Å²) < 4.78 is 4.83. The molecule has 0 saturated carbocycles. The van der Waals surface area contributed by atoms with Crippen LogP contribution in [0.15, 0.2) is 48.5 Å². The van der Waals surface area contributed by atoms with Gasteiger partial charge in [-0.3, -0.25) is 4.79 Å². The van der Waals surface area contributed by atoms with Gasteiger partial charge in [-0.1, -0.05) is 36.4 Å². The molecule has 124 valence electrons. The molecule has 0 aliphatic carbocycles. The topological polar surface area (TPSA) is 67.4 Å². The van der Waals surface area contributed by atoms with Gasteiger partial charge in [-0.25, -0.2) is 4.79 Å². The van der Waals surface area contributed by atoms with Crippen LogP contribution in [0.1, 0.15) is 27.0 Å². The molecule has 0 aromatic heterocycles. The fourth-order valence-electron chi connectivity index (χ4n) is 2.86. The highest BCUT2D eigenvalue weighted by Gasteiger charge is 2.23. The number of methoxy groups -OCH3 is 1. The number of carbonyl (C=O) groups excluding carboxylic acids is 2. The van der Waals surface area contributed by atoms with Crippen LogP contribution in [0.25, 0.3) is 0 Å². The summed E-state index contributed by atoms with van der Waals surface area (Å²) in [6.07, 6.45) is 0.395. The number of ether oxygens (including phenoxy) is 1. The maximum atomic E-state index is 12.5. The van der Waals surface area contributed by atoms with E-state index in [0.717, 1.165) is 24.2 Å². The van der Waals surface area contributed by atoms with Crippen molar-refractivity contribution < 1.29 is 14.3 Å². The predicted molar refractivity (Wildman–Crippen MR) is 90.4 cm³/mol. The Hall–Kier alpha value is -2.66. The first-order chi connectivity index (χ1) is 11.7. The molecule has 1 aliphatic rings. The molecule has 3 rings (SSSR count). The van der Waals surface area contributed by atoms with Crippen LogP contribution >= 0.6 is 0 Å². The molecular weight excluding hydrogens is 304 g/mol. The van der Waals surface area contributed by atoms with Crippen molar-refractivity contribution in [3.05, 3.63) is 70.8 Å². The van der Waals surface area contributed by atoms with Gasteiger partial charge in [0.05, 0.1) is 7.11 Å². The van der Waals surface area contributed by atoms with E-state index in [1.54, 1.807) is 6.07 Å². The maximum Gasteiger partial charge on any atom is 0.328 e. The Balaban J connectivity index is 1.74. The van der Waals surface area contributed by atoms with Gasteiger partial charge in [-0.05, 0) is 28.8 Å². The van der Waals surface area contributed by atoms with E-state index in [4.69, 9.17) is 4.74 Å². The molecule has 1 amide bonds. The highest BCUT2D eigenvalue weighted by atomic mass is 16.5. The van der Waals surface area contributed by atoms with Crippen LogP contribution in [0.4, 0.5) is 0 Å². The molecule has 2 N–H and O–H groups in total.